The molecule has 49 heavy (non-hydrogen) atoms. The van der Waals surface area contributed by atoms with Crippen molar-refractivity contribution in [2.45, 2.75) is 11.3 Å². The summed E-state index contributed by atoms with van der Waals surface area (Å²) in [5.41, 5.74) is 6.99. The Labute approximate surface area is 291 Å². The number of halogens is 1. The fourth-order valence-corrected chi connectivity index (χ4v) is 5.28. The lowest BCUT2D eigenvalue weighted by Gasteiger charge is -2.18. The number of ketones is 1. The van der Waals surface area contributed by atoms with Crippen molar-refractivity contribution in [2.75, 3.05) is 54.4 Å². The molecular formula is C33H35ClN8O6S. The van der Waals surface area contributed by atoms with Gasteiger partial charge in [0.25, 0.3) is 5.91 Å². The minimum absolute atomic E-state index is 0.0231. The topological polar surface area (TPSA) is 165 Å². The molecule has 0 fully saturated rings. The van der Waals surface area contributed by atoms with Crippen LogP contribution in [0.15, 0.2) is 90.6 Å². The Bertz CT molecular complexity index is 1880. The lowest BCUT2D eigenvalue weighted by atomic mass is 10.2. The van der Waals surface area contributed by atoms with E-state index in [4.69, 9.17) is 17.3 Å². The Morgan fingerprint density at radius 1 is 0.796 bits per heavy atom. The molecule has 0 aliphatic carbocycles. The molecule has 3 N–H and O–H groups in total. The largest absolute Gasteiger partial charge is 0.370 e. The number of hydrogen-bond donors (Lipinski definition) is 2. The number of amides is 5. The molecule has 3 aromatic heterocycles. The summed E-state index contributed by atoms with van der Waals surface area (Å²) in [5, 5.41) is 2.49. The van der Waals surface area contributed by atoms with Crippen LogP contribution >= 0.6 is 23.4 Å². The summed E-state index contributed by atoms with van der Waals surface area (Å²) in [4.78, 5) is 79.9. The Morgan fingerprint density at radius 3 is 1.92 bits per heavy atom. The first-order valence-corrected chi connectivity index (χ1v) is 16.4. The van der Waals surface area contributed by atoms with Gasteiger partial charge in [-0.05, 0) is 42.0 Å². The normalized spacial score (nSPS) is 10.9. The zero-order chi connectivity index (χ0) is 35.7. The Hall–Kier alpha value is -5.54. The molecule has 3 heterocycles. The Kier molecular flexibility index (Phi) is 12.2. The number of nitrogens with zero attached hydrogens (tertiary/aromatic N) is 6. The van der Waals surface area contributed by atoms with Crippen molar-refractivity contribution in [1.29, 1.82) is 0 Å². The highest BCUT2D eigenvalue weighted by Gasteiger charge is 2.20. The number of benzene rings is 1. The van der Waals surface area contributed by atoms with Gasteiger partial charge in [-0.3, -0.25) is 37.9 Å². The third-order valence-electron chi connectivity index (χ3n) is 7.21. The molecule has 0 radical (unpaired) electrons. The second-order valence-electron chi connectivity index (χ2n) is 10.7. The fourth-order valence-electron chi connectivity index (χ4n) is 4.40. The van der Waals surface area contributed by atoms with Crippen molar-refractivity contribution in [3.05, 3.63) is 91.3 Å². The number of carbonyl (C=O) groups is 6. The molecule has 1 aromatic carbocycles. The van der Waals surface area contributed by atoms with E-state index in [9.17, 15) is 28.8 Å². The second kappa shape index (κ2) is 16.5. The standard InChI is InChI=1S/C33H35ClN8O6S/c1-37(15-13-29(35)44)31(46)41-17-11-25(21-41)39(3)33(48)42-18-12-26(22-42)38(2)32(47)40-16-10-24(20-40)36-30(45)28(43)9-6-23-4-7-27(8-5-23)49-19-14-34/h4-12,16-18,20-22H,13-15,19H2,1-3H3,(H2,35,44)(H,36,45)/b9-6+. The van der Waals surface area contributed by atoms with Crippen LogP contribution in [0.5, 0.6) is 0 Å². The molecule has 0 saturated carbocycles. The quantitative estimate of drug-likeness (QED) is 0.0939. The first kappa shape index (κ1) is 36.3. The number of rotatable bonds is 12. The monoisotopic (exact) mass is 706 g/mol. The number of aromatic nitrogens is 3. The van der Waals surface area contributed by atoms with E-state index in [0.717, 1.165) is 16.2 Å². The zero-order valence-corrected chi connectivity index (χ0v) is 28.6. The summed E-state index contributed by atoms with van der Waals surface area (Å²) < 4.78 is 3.80. The van der Waals surface area contributed by atoms with Gasteiger partial charge in [0.1, 0.15) is 0 Å². The molecule has 16 heteroatoms. The van der Waals surface area contributed by atoms with E-state index in [-0.39, 0.29) is 18.7 Å². The number of nitrogens with one attached hydrogen (secondary N) is 1. The maximum absolute atomic E-state index is 13.2. The molecule has 256 valence electrons. The third kappa shape index (κ3) is 9.52. The molecule has 4 aromatic rings. The van der Waals surface area contributed by atoms with Crippen LogP contribution in [0.3, 0.4) is 0 Å². The molecular weight excluding hydrogens is 672 g/mol. The maximum Gasteiger partial charge on any atom is 0.332 e. The van der Waals surface area contributed by atoms with E-state index in [0.29, 0.717) is 17.3 Å². The minimum atomic E-state index is -0.862. The summed E-state index contributed by atoms with van der Waals surface area (Å²) >= 11 is 7.33. The number of thioether (sulfide) groups is 1. The summed E-state index contributed by atoms with van der Waals surface area (Å²) in [6.07, 6.45) is 11.5. The zero-order valence-electron chi connectivity index (χ0n) is 27.0. The van der Waals surface area contributed by atoms with Crippen LogP contribution in [-0.4, -0.2) is 93.6 Å². The molecule has 5 amide bonds. The Morgan fingerprint density at radius 2 is 1.35 bits per heavy atom. The fraction of sp³-hybridized carbons (Fsp3) is 0.212. The van der Waals surface area contributed by atoms with Crippen molar-refractivity contribution in [3.8, 4) is 0 Å². The lowest BCUT2D eigenvalue weighted by Crippen LogP contribution is -2.33. The van der Waals surface area contributed by atoms with Crippen LogP contribution in [0.25, 0.3) is 6.08 Å². The van der Waals surface area contributed by atoms with Crippen LogP contribution in [0.2, 0.25) is 0 Å². The molecule has 0 atom stereocenters. The van der Waals surface area contributed by atoms with Gasteiger partial charge in [0.05, 0.1) is 17.1 Å². The van der Waals surface area contributed by atoms with Gasteiger partial charge in [0.15, 0.2) is 0 Å². The summed E-state index contributed by atoms with van der Waals surface area (Å²) in [6.45, 7) is 0.150. The van der Waals surface area contributed by atoms with E-state index < -0.39 is 35.7 Å². The average Bonchev–Trinajstić information content (AvgIpc) is 3.89. The number of primary amides is 1. The van der Waals surface area contributed by atoms with Gasteiger partial charge in [-0.25, -0.2) is 14.4 Å². The highest BCUT2D eigenvalue weighted by atomic mass is 35.5. The molecule has 0 aliphatic heterocycles. The van der Waals surface area contributed by atoms with E-state index in [1.165, 1.54) is 98.9 Å². The van der Waals surface area contributed by atoms with E-state index >= 15 is 0 Å². The van der Waals surface area contributed by atoms with Gasteiger partial charge in [-0.15, -0.1) is 23.4 Å². The van der Waals surface area contributed by atoms with E-state index in [1.54, 1.807) is 30.0 Å². The molecule has 0 spiro atoms. The molecule has 4 rings (SSSR count). The van der Waals surface area contributed by atoms with Gasteiger partial charge in [0.2, 0.25) is 11.7 Å². The summed E-state index contributed by atoms with van der Waals surface area (Å²) in [5.74, 6) is -0.809. The van der Waals surface area contributed by atoms with Crippen LogP contribution in [0.1, 0.15) is 12.0 Å². The number of hydrogen-bond acceptors (Lipinski definition) is 7. The van der Waals surface area contributed by atoms with Crippen molar-refractivity contribution < 1.29 is 28.8 Å². The van der Waals surface area contributed by atoms with Gasteiger partial charge < -0.3 is 16.0 Å². The van der Waals surface area contributed by atoms with Gasteiger partial charge >= 0.3 is 18.1 Å². The van der Waals surface area contributed by atoms with Gasteiger partial charge in [-0.1, -0.05) is 18.2 Å². The first-order valence-electron chi connectivity index (χ1n) is 14.8. The van der Waals surface area contributed by atoms with Crippen LogP contribution in [0, 0.1) is 0 Å². The molecule has 0 bridgehead atoms. The summed E-state index contributed by atoms with van der Waals surface area (Å²) in [6, 6.07) is 10.8. The van der Waals surface area contributed by atoms with Gasteiger partial charge in [-0.2, -0.15) is 0 Å². The highest BCUT2D eigenvalue weighted by Crippen LogP contribution is 2.21. The van der Waals surface area contributed by atoms with Gasteiger partial charge in [0, 0.05) is 87.8 Å². The van der Waals surface area contributed by atoms with Crippen LogP contribution < -0.4 is 20.9 Å². The molecule has 0 unspecified atom stereocenters. The van der Waals surface area contributed by atoms with Crippen LogP contribution in [0.4, 0.5) is 31.4 Å². The predicted octanol–water partition coefficient (Wildman–Crippen LogP) is 4.63. The molecule has 0 aliphatic rings. The Balaban J connectivity index is 1.32. The molecule has 0 saturated heterocycles. The van der Waals surface area contributed by atoms with E-state index in [2.05, 4.69) is 5.32 Å². The average molecular weight is 707 g/mol. The van der Waals surface area contributed by atoms with Crippen molar-refractivity contribution >= 4 is 82.2 Å². The highest BCUT2D eigenvalue weighted by molar-refractivity contribution is 7.99. The summed E-state index contributed by atoms with van der Waals surface area (Å²) in [7, 11) is 4.59. The van der Waals surface area contributed by atoms with Crippen molar-refractivity contribution in [1.82, 2.24) is 18.6 Å². The van der Waals surface area contributed by atoms with Crippen molar-refractivity contribution in [2.24, 2.45) is 5.73 Å². The lowest BCUT2D eigenvalue weighted by molar-refractivity contribution is -0.131. The smallest absolute Gasteiger partial charge is 0.332 e. The first-order chi connectivity index (χ1) is 23.4. The maximum atomic E-state index is 13.2. The van der Waals surface area contributed by atoms with Crippen molar-refractivity contribution in [3.63, 3.8) is 0 Å². The number of alkyl halides is 1. The third-order valence-corrected chi connectivity index (χ3v) is 8.64. The van der Waals surface area contributed by atoms with E-state index in [1.807, 2.05) is 24.3 Å². The number of nitrogens with two attached hydrogens (primary N) is 1. The number of carbonyl (C=O) groups excluding carboxylic acids is 6. The molecule has 14 nitrogen and oxygen atoms in total. The SMILES string of the molecule is CN(CCC(N)=O)C(=O)n1ccc(N(C)C(=O)n2ccc(N(C)C(=O)n3ccc(NC(=O)C(=O)/C=C/c4ccc(SCCCl)cc4)c3)c2)c1. The predicted molar refractivity (Wildman–Crippen MR) is 189 cm³/mol. The van der Waals surface area contributed by atoms with Crippen LogP contribution in [-0.2, 0) is 14.4 Å². The number of anilines is 3. The minimum Gasteiger partial charge on any atom is -0.370 e. The second-order valence-corrected chi connectivity index (χ2v) is 12.3.